The number of nitrogens with zero attached hydrogens (tertiary/aromatic N) is 1. The van der Waals surface area contributed by atoms with Gasteiger partial charge in [0.05, 0.1) is 33.8 Å². The van der Waals surface area contributed by atoms with Crippen molar-refractivity contribution in [1.29, 1.82) is 0 Å². The number of rotatable bonds is 5. The third-order valence-corrected chi connectivity index (χ3v) is 8.13. The first-order valence-electron chi connectivity index (χ1n) is 11.5. The lowest BCUT2D eigenvalue weighted by atomic mass is 9.83. The number of anilines is 1. The molecule has 0 spiro atoms. The van der Waals surface area contributed by atoms with Crippen LogP contribution in [0.4, 0.5) is 23.2 Å². The van der Waals surface area contributed by atoms with Crippen LogP contribution in [0.5, 0.6) is 5.75 Å². The molecule has 2 fully saturated rings. The minimum Gasteiger partial charge on any atom is -0.496 e. The van der Waals surface area contributed by atoms with E-state index in [9.17, 15) is 27.2 Å². The Morgan fingerprint density at radius 1 is 1.14 bits per heavy atom. The monoisotopic (exact) mass is 521 g/mol. The van der Waals surface area contributed by atoms with Crippen molar-refractivity contribution in [3.63, 3.8) is 0 Å². The molecule has 4 atom stereocenters. The molecule has 2 N–H and O–H groups in total. The molecule has 11 heteroatoms. The first-order chi connectivity index (χ1) is 17.1. The second-order valence-corrected chi connectivity index (χ2v) is 10.5. The average Bonchev–Trinajstić information content (AvgIpc) is 3.52. The first-order valence-corrected chi connectivity index (χ1v) is 12.3. The van der Waals surface area contributed by atoms with Crippen molar-refractivity contribution >= 4 is 39.1 Å². The highest BCUT2D eigenvalue weighted by Crippen LogP contribution is 2.49. The highest BCUT2D eigenvalue weighted by atomic mass is 32.1. The number of nitrogens with one attached hydrogen (secondary N) is 2. The van der Waals surface area contributed by atoms with Crippen molar-refractivity contribution in [2.24, 2.45) is 17.8 Å². The summed E-state index contributed by atoms with van der Waals surface area (Å²) in [7, 11) is 1.47. The Hall–Kier alpha value is -3.21. The van der Waals surface area contributed by atoms with E-state index >= 15 is 0 Å². The van der Waals surface area contributed by atoms with Crippen molar-refractivity contribution < 1.29 is 31.9 Å². The molecule has 0 saturated heterocycles. The van der Waals surface area contributed by atoms with Crippen LogP contribution in [0.1, 0.15) is 40.2 Å². The number of carbonyl (C=O) groups excluding carboxylic acids is 2. The quantitative estimate of drug-likeness (QED) is 0.431. The van der Waals surface area contributed by atoms with E-state index in [4.69, 9.17) is 4.74 Å². The van der Waals surface area contributed by atoms with E-state index in [1.54, 1.807) is 12.1 Å². The van der Waals surface area contributed by atoms with Gasteiger partial charge in [-0.05, 0) is 68.4 Å². The van der Waals surface area contributed by atoms with E-state index < -0.39 is 41.3 Å². The van der Waals surface area contributed by atoms with Gasteiger partial charge in [0, 0.05) is 11.7 Å². The summed E-state index contributed by atoms with van der Waals surface area (Å²) in [6.45, 7) is 1.84. The number of hydrogen-bond acceptors (Lipinski definition) is 5. The van der Waals surface area contributed by atoms with Gasteiger partial charge < -0.3 is 15.4 Å². The molecule has 2 saturated carbocycles. The smallest absolute Gasteiger partial charge is 0.419 e. The summed E-state index contributed by atoms with van der Waals surface area (Å²) in [6.07, 6.45) is -2.52. The van der Waals surface area contributed by atoms with Gasteiger partial charge in [0.2, 0.25) is 5.91 Å². The van der Waals surface area contributed by atoms with Gasteiger partial charge in [0.1, 0.15) is 17.1 Å². The molecule has 36 heavy (non-hydrogen) atoms. The fourth-order valence-electron chi connectivity index (χ4n) is 5.62. The van der Waals surface area contributed by atoms with Crippen LogP contribution in [0.3, 0.4) is 0 Å². The van der Waals surface area contributed by atoms with Gasteiger partial charge in [-0.2, -0.15) is 13.2 Å². The van der Waals surface area contributed by atoms with Crippen LogP contribution < -0.4 is 15.4 Å². The van der Waals surface area contributed by atoms with Crippen LogP contribution in [-0.4, -0.2) is 29.9 Å². The van der Waals surface area contributed by atoms with Crippen molar-refractivity contribution in [3.05, 3.63) is 52.3 Å². The number of thiazole rings is 1. The van der Waals surface area contributed by atoms with Gasteiger partial charge in [-0.1, -0.05) is 0 Å². The molecule has 2 aliphatic rings. The molecule has 6 nitrogen and oxygen atoms in total. The maximum atomic E-state index is 13.7. The average molecular weight is 522 g/mol. The minimum atomic E-state index is -4.89. The minimum absolute atomic E-state index is 0.00817. The van der Waals surface area contributed by atoms with Crippen LogP contribution >= 0.6 is 11.3 Å². The predicted octanol–water partition coefficient (Wildman–Crippen LogP) is 5.55. The summed E-state index contributed by atoms with van der Waals surface area (Å²) >= 11 is 1.37. The lowest BCUT2D eigenvalue weighted by molar-refractivity contribution is -0.140. The van der Waals surface area contributed by atoms with E-state index in [-0.39, 0.29) is 17.5 Å². The first kappa shape index (κ1) is 24.5. The summed E-state index contributed by atoms with van der Waals surface area (Å²) in [5.41, 5.74) is -0.579. The summed E-state index contributed by atoms with van der Waals surface area (Å²) in [5.74, 6) is -2.47. The van der Waals surface area contributed by atoms with Gasteiger partial charge in [0.25, 0.3) is 5.91 Å². The third kappa shape index (κ3) is 4.29. The molecule has 5 rings (SSSR count). The zero-order valence-corrected chi connectivity index (χ0v) is 20.2. The summed E-state index contributed by atoms with van der Waals surface area (Å²) in [5, 5.41) is 6.33. The molecule has 2 amide bonds. The topological polar surface area (TPSA) is 80.3 Å². The summed E-state index contributed by atoms with van der Waals surface area (Å²) < 4.78 is 59.1. The van der Waals surface area contributed by atoms with E-state index in [0.29, 0.717) is 33.7 Å². The van der Waals surface area contributed by atoms with Crippen molar-refractivity contribution in [2.75, 3.05) is 12.4 Å². The largest absolute Gasteiger partial charge is 0.496 e. The Balaban J connectivity index is 1.41. The Morgan fingerprint density at radius 3 is 2.61 bits per heavy atom. The zero-order valence-electron chi connectivity index (χ0n) is 19.4. The molecule has 3 aromatic rings. The molecule has 2 aromatic carbocycles. The molecule has 1 aromatic heterocycles. The van der Waals surface area contributed by atoms with Crippen LogP contribution in [0.25, 0.3) is 10.2 Å². The summed E-state index contributed by atoms with van der Waals surface area (Å²) in [6, 6.07) is 5.33. The number of halogens is 4. The molecule has 2 aliphatic carbocycles. The highest BCUT2D eigenvalue weighted by Gasteiger charge is 2.51. The Kier molecular flexibility index (Phi) is 6.14. The second-order valence-electron chi connectivity index (χ2n) is 9.26. The normalized spacial score (nSPS) is 23.2. The van der Waals surface area contributed by atoms with Crippen LogP contribution in [0.15, 0.2) is 30.3 Å². The number of carbonyl (C=O) groups is 2. The standard InChI is InChI=1S/C25H23F4N3O3S/c1-11-30-17-7-8-18(35-2)20(22(17)36-11)24(34)32-21-13-4-3-12(9-13)19(21)23(33)31-14-5-6-16(26)15(10-14)25(27,28)29/h5-8,10,12-13,19,21H,3-4,9H2,1-2H3,(H,31,33)(H,32,34)/t12-,13+,19+,21?/m1/s1. The number of methoxy groups -OCH3 is 1. The summed E-state index contributed by atoms with van der Waals surface area (Å²) in [4.78, 5) is 31.2. The molecular weight excluding hydrogens is 498 g/mol. The van der Waals surface area contributed by atoms with Gasteiger partial charge in [-0.3, -0.25) is 9.59 Å². The van der Waals surface area contributed by atoms with Crippen LogP contribution in [0.2, 0.25) is 0 Å². The SMILES string of the molecule is COc1ccc2nc(C)sc2c1C(=O)NC1[C@H]2CC[C@H](C2)[C@@H]1C(=O)Nc1ccc(F)c(C(F)(F)F)c1. The van der Waals surface area contributed by atoms with Gasteiger partial charge in [-0.25, -0.2) is 9.37 Å². The Bertz CT molecular complexity index is 1360. The molecule has 2 bridgehead atoms. The van der Waals surface area contributed by atoms with Crippen molar-refractivity contribution in [2.45, 2.75) is 38.4 Å². The van der Waals surface area contributed by atoms with Gasteiger partial charge in [-0.15, -0.1) is 11.3 Å². The van der Waals surface area contributed by atoms with Crippen molar-refractivity contribution in [1.82, 2.24) is 10.3 Å². The molecule has 0 aliphatic heterocycles. The third-order valence-electron chi connectivity index (χ3n) is 7.13. The van der Waals surface area contributed by atoms with E-state index in [0.717, 1.165) is 30.3 Å². The molecule has 1 heterocycles. The highest BCUT2D eigenvalue weighted by molar-refractivity contribution is 7.19. The number of amides is 2. The van der Waals surface area contributed by atoms with E-state index in [1.165, 1.54) is 18.4 Å². The molecule has 0 radical (unpaired) electrons. The number of alkyl halides is 3. The van der Waals surface area contributed by atoms with Gasteiger partial charge >= 0.3 is 6.18 Å². The molecular formula is C25H23F4N3O3S. The molecule has 190 valence electrons. The Labute approximate surface area is 208 Å². The van der Waals surface area contributed by atoms with E-state index in [1.807, 2.05) is 6.92 Å². The predicted molar refractivity (Wildman–Crippen MR) is 127 cm³/mol. The maximum Gasteiger partial charge on any atom is 0.419 e. The Morgan fingerprint density at radius 2 is 1.89 bits per heavy atom. The van der Waals surface area contributed by atoms with Gasteiger partial charge in [0.15, 0.2) is 0 Å². The number of fused-ring (bicyclic) bond motifs is 3. The second kappa shape index (κ2) is 9.02. The lowest BCUT2D eigenvalue weighted by Gasteiger charge is -2.31. The van der Waals surface area contributed by atoms with Crippen LogP contribution in [0, 0.1) is 30.5 Å². The number of benzene rings is 2. The zero-order chi connectivity index (χ0) is 25.8. The van der Waals surface area contributed by atoms with Crippen LogP contribution in [-0.2, 0) is 11.0 Å². The lowest BCUT2D eigenvalue weighted by Crippen LogP contribution is -2.48. The fourth-order valence-corrected chi connectivity index (χ4v) is 6.57. The number of ether oxygens (including phenoxy) is 1. The van der Waals surface area contributed by atoms with Crippen molar-refractivity contribution in [3.8, 4) is 5.75 Å². The number of aryl methyl sites for hydroxylation is 1. The molecule has 1 unspecified atom stereocenters. The maximum absolute atomic E-state index is 13.7. The van der Waals surface area contributed by atoms with E-state index in [2.05, 4.69) is 15.6 Å². The fraction of sp³-hybridized carbons (Fsp3) is 0.400. The number of hydrogen-bond donors (Lipinski definition) is 2. The number of aromatic nitrogens is 1.